The van der Waals surface area contributed by atoms with Crippen LogP contribution in [0, 0.1) is 19.7 Å². The molecule has 0 saturated carbocycles. The van der Waals surface area contributed by atoms with Gasteiger partial charge in [0, 0.05) is 41.9 Å². The largest absolute Gasteiger partial charge is 0.492 e. The lowest BCUT2D eigenvalue weighted by Gasteiger charge is -2.19. The van der Waals surface area contributed by atoms with E-state index in [1.807, 2.05) is 42.1 Å². The molecule has 1 unspecified atom stereocenters. The Morgan fingerprint density at radius 3 is 2.64 bits per heavy atom. The third-order valence-electron chi connectivity index (χ3n) is 7.99. The highest BCUT2D eigenvalue weighted by molar-refractivity contribution is 5.79. The molecule has 0 N–H and O–H groups in total. The van der Waals surface area contributed by atoms with Gasteiger partial charge in [-0.3, -0.25) is 9.48 Å². The van der Waals surface area contributed by atoms with Gasteiger partial charge in [0.25, 0.3) is 0 Å². The number of esters is 1. The van der Waals surface area contributed by atoms with Crippen LogP contribution in [-0.2, 0) is 23.0 Å². The predicted octanol–water partition coefficient (Wildman–Crippen LogP) is 6.62. The molecule has 0 radical (unpaired) electrons. The molecule has 0 saturated heterocycles. The van der Waals surface area contributed by atoms with Crippen LogP contribution in [0.25, 0.3) is 22.4 Å². The molecular formula is C32H31FN2O4. The summed E-state index contributed by atoms with van der Waals surface area (Å²) >= 11 is 0. The van der Waals surface area contributed by atoms with Gasteiger partial charge in [-0.25, -0.2) is 4.39 Å². The first-order chi connectivity index (χ1) is 18.8. The van der Waals surface area contributed by atoms with Gasteiger partial charge in [-0.2, -0.15) is 5.10 Å². The van der Waals surface area contributed by atoms with Crippen molar-refractivity contribution < 1.29 is 23.4 Å². The van der Waals surface area contributed by atoms with Crippen molar-refractivity contribution in [2.24, 2.45) is 7.05 Å². The molecule has 6 rings (SSSR count). The van der Waals surface area contributed by atoms with Gasteiger partial charge in [0.2, 0.25) is 0 Å². The Labute approximate surface area is 227 Å². The highest BCUT2D eigenvalue weighted by Gasteiger charge is 2.32. The number of carbonyl (C=O) groups is 1. The van der Waals surface area contributed by atoms with E-state index in [0.29, 0.717) is 30.1 Å². The van der Waals surface area contributed by atoms with Crippen LogP contribution in [0.4, 0.5) is 4.39 Å². The maximum atomic E-state index is 15.3. The van der Waals surface area contributed by atoms with Crippen LogP contribution in [0.3, 0.4) is 0 Å². The van der Waals surface area contributed by atoms with Gasteiger partial charge in [-0.05, 0) is 84.8 Å². The lowest BCUT2D eigenvalue weighted by molar-refractivity contribution is -0.141. The number of methoxy groups -OCH3 is 1. The maximum absolute atomic E-state index is 15.3. The second kappa shape index (κ2) is 9.88. The Kier molecular flexibility index (Phi) is 6.37. The molecule has 0 bridgehead atoms. The van der Waals surface area contributed by atoms with E-state index in [4.69, 9.17) is 14.2 Å². The number of hydrogen-bond donors (Lipinski definition) is 0. The molecule has 1 aliphatic carbocycles. The number of nitrogens with zero attached hydrogens (tertiary/aromatic N) is 2. The molecule has 2 atom stereocenters. The quantitative estimate of drug-likeness (QED) is 0.265. The van der Waals surface area contributed by atoms with Crippen molar-refractivity contribution in [3.05, 3.63) is 88.4 Å². The highest BCUT2D eigenvalue weighted by atomic mass is 19.1. The fraction of sp³-hybridized carbons (Fsp3) is 0.312. The van der Waals surface area contributed by atoms with Crippen LogP contribution >= 0.6 is 0 Å². The van der Waals surface area contributed by atoms with E-state index < -0.39 is 0 Å². The number of hydrogen-bond acceptors (Lipinski definition) is 5. The SMILES string of the molecule is COC(=O)CC1COc2cc(O[C@@H]3CCc4c(-c5c(C)cc(-c6ccnn6C)cc5C)ccc(F)c43)ccc21. The maximum Gasteiger partial charge on any atom is 0.306 e. The van der Waals surface area contributed by atoms with E-state index in [1.165, 1.54) is 7.11 Å². The molecule has 0 fully saturated rings. The van der Waals surface area contributed by atoms with Crippen LogP contribution in [-0.4, -0.2) is 29.5 Å². The van der Waals surface area contributed by atoms with Crippen molar-refractivity contribution in [2.45, 2.75) is 45.1 Å². The molecule has 2 aliphatic rings. The van der Waals surface area contributed by atoms with E-state index in [9.17, 15) is 4.79 Å². The standard InChI is InChI=1S/C32H31FN2O4/c1-18-13-20(27-11-12-34-35(27)3)14-19(2)31(18)24-7-9-26(33)32-25(24)8-10-28(32)39-22-5-6-23-21(15-30(36)37-4)17-38-29(23)16-22/h5-7,9,11-14,16,21,28H,8,10,15,17H2,1-4H3/t21?,28-/m1/s1. The first kappa shape index (κ1) is 25.2. The molecule has 2 heterocycles. The lowest BCUT2D eigenvalue weighted by atomic mass is 9.88. The van der Waals surface area contributed by atoms with E-state index in [-0.39, 0.29) is 30.2 Å². The molecule has 4 aromatic rings. The minimum Gasteiger partial charge on any atom is -0.492 e. The molecule has 200 valence electrons. The van der Waals surface area contributed by atoms with Crippen LogP contribution in [0.1, 0.15) is 52.7 Å². The highest BCUT2D eigenvalue weighted by Crippen LogP contribution is 2.45. The van der Waals surface area contributed by atoms with E-state index in [1.54, 1.807) is 12.3 Å². The Balaban J connectivity index is 1.30. The molecule has 3 aromatic carbocycles. The van der Waals surface area contributed by atoms with Gasteiger partial charge in [-0.1, -0.05) is 12.1 Å². The van der Waals surface area contributed by atoms with Gasteiger partial charge in [0.15, 0.2) is 0 Å². The van der Waals surface area contributed by atoms with Crippen LogP contribution in [0.15, 0.2) is 54.7 Å². The summed E-state index contributed by atoms with van der Waals surface area (Å²) in [6, 6.07) is 15.5. The summed E-state index contributed by atoms with van der Waals surface area (Å²) < 4.78 is 34.2. The second-order valence-electron chi connectivity index (χ2n) is 10.4. The molecule has 7 heteroatoms. The molecule has 0 amide bonds. The lowest BCUT2D eigenvalue weighted by Crippen LogP contribution is -2.09. The Hall–Kier alpha value is -4.13. The minimum atomic E-state index is -0.389. The average Bonchev–Trinajstić information content (AvgIpc) is 3.64. The zero-order valence-electron chi connectivity index (χ0n) is 22.6. The third kappa shape index (κ3) is 4.46. The molecule has 1 aliphatic heterocycles. The summed E-state index contributed by atoms with van der Waals surface area (Å²) in [5.41, 5.74) is 9.26. The van der Waals surface area contributed by atoms with Crippen molar-refractivity contribution in [1.29, 1.82) is 0 Å². The second-order valence-corrected chi connectivity index (χ2v) is 10.4. The van der Waals surface area contributed by atoms with Crippen molar-refractivity contribution in [3.8, 4) is 33.9 Å². The number of aromatic nitrogens is 2. The first-order valence-electron chi connectivity index (χ1n) is 13.3. The van der Waals surface area contributed by atoms with Crippen molar-refractivity contribution >= 4 is 5.97 Å². The van der Waals surface area contributed by atoms with Gasteiger partial charge >= 0.3 is 5.97 Å². The molecule has 6 nitrogen and oxygen atoms in total. The zero-order valence-corrected chi connectivity index (χ0v) is 22.6. The smallest absolute Gasteiger partial charge is 0.306 e. The summed E-state index contributed by atoms with van der Waals surface area (Å²) in [4.78, 5) is 11.7. The number of benzene rings is 3. The summed E-state index contributed by atoms with van der Waals surface area (Å²) in [7, 11) is 3.33. The number of aryl methyl sites for hydroxylation is 3. The topological polar surface area (TPSA) is 62.6 Å². The van der Waals surface area contributed by atoms with Gasteiger partial charge < -0.3 is 14.2 Å². The first-order valence-corrected chi connectivity index (χ1v) is 13.3. The van der Waals surface area contributed by atoms with E-state index in [2.05, 4.69) is 31.1 Å². The summed E-state index contributed by atoms with van der Waals surface area (Å²) in [5, 5.41) is 4.30. The van der Waals surface area contributed by atoms with E-state index in [0.717, 1.165) is 51.1 Å². The zero-order chi connectivity index (χ0) is 27.3. The Morgan fingerprint density at radius 2 is 1.92 bits per heavy atom. The number of ether oxygens (including phenoxy) is 3. The summed E-state index contributed by atoms with van der Waals surface area (Å²) in [6.07, 6.45) is 3.11. The Morgan fingerprint density at radius 1 is 1.13 bits per heavy atom. The van der Waals surface area contributed by atoms with Crippen molar-refractivity contribution in [2.75, 3.05) is 13.7 Å². The van der Waals surface area contributed by atoms with Crippen molar-refractivity contribution in [3.63, 3.8) is 0 Å². The normalized spacial score (nSPS) is 17.5. The molecular weight excluding hydrogens is 495 g/mol. The number of carbonyl (C=O) groups excluding carboxylic acids is 1. The van der Waals surface area contributed by atoms with Gasteiger partial charge in [0.05, 0.1) is 25.8 Å². The van der Waals surface area contributed by atoms with Crippen LogP contribution < -0.4 is 9.47 Å². The molecule has 39 heavy (non-hydrogen) atoms. The number of halogens is 1. The fourth-order valence-electron chi connectivity index (χ4n) is 6.17. The fourth-order valence-corrected chi connectivity index (χ4v) is 6.17. The molecule has 0 spiro atoms. The van der Waals surface area contributed by atoms with Crippen LogP contribution in [0.2, 0.25) is 0 Å². The predicted molar refractivity (Wildman–Crippen MR) is 147 cm³/mol. The van der Waals surface area contributed by atoms with Crippen molar-refractivity contribution in [1.82, 2.24) is 9.78 Å². The molecule has 1 aromatic heterocycles. The van der Waals surface area contributed by atoms with E-state index >= 15 is 4.39 Å². The number of rotatable bonds is 6. The summed E-state index contributed by atoms with van der Waals surface area (Å²) in [5.74, 6) is 0.789. The minimum absolute atomic E-state index is 0.0375. The number of fused-ring (bicyclic) bond motifs is 2. The Bertz CT molecular complexity index is 1570. The van der Waals surface area contributed by atoms with Crippen LogP contribution in [0.5, 0.6) is 11.5 Å². The van der Waals surface area contributed by atoms with Gasteiger partial charge in [-0.15, -0.1) is 0 Å². The third-order valence-corrected chi connectivity index (χ3v) is 7.99. The monoisotopic (exact) mass is 526 g/mol. The average molecular weight is 527 g/mol. The summed E-state index contributed by atoms with van der Waals surface area (Å²) in [6.45, 7) is 4.65. The van der Waals surface area contributed by atoms with Gasteiger partial charge in [0.1, 0.15) is 23.4 Å².